The van der Waals surface area contributed by atoms with Crippen LogP contribution < -0.4 is 11.1 Å². The van der Waals surface area contributed by atoms with Crippen LogP contribution in [-0.4, -0.2) is 56.3 Å². The summed E-state index contributed by atoms with van der Waals surface area (Å²) in [6.07, 6.45) is 1.03. The zero-order valence-corrected chi connectivity index (χ0v) is 16.8. The Labute approximate surface area is 133 Å². The third-order valence-electron chi connectivity index (χ3n) is 3.44. The quantitative estimate of drug-likeness (QED) is 0.399. The van der Waals surface area contributed by atoms with Crippen molar-refractivity contribution < 1.29 is 13.3 Å². The fraction of sp³-hybridized carbons (Fsp3) is 1.00. The van der Waals surface area contributed by atoms with Crippen molar-refractivity contribution in [3.63, 3.8) is 0 Å². The Hall–Kier alpha value is 0.234. The molecule has 1 atom stereocenters. The summed E-state index contributed by atoms with van der Waals surface area (Å²) in [6, 6.07) is 0. The number of rotatable bonds is 13. The van der Waals surface area contributed by atoms with E-state index in [-0.39, 0.29) is 0 Å². The van der Waals surface area contributed by atoms with Crippen LogP contribution in [-0.2, 0) is 13.3 Å². The third kappa shape index (κ3) is 7.36. The maximum atomic E-state index is 6.13. The van der Waals surface area contributed by atoms with Crippen molar-refractivity contribution in [1.29, 1.82) is 0 Å². The summed E-state index contributed by atoms with van der Waals surface area (Å²) < 4.78 is 18.4. The van der Waals surface area contributed by atoms with Gasteiger partial charge in [0.1, 0.15) is 0 Å². The predicted molar refractivity (Wildman–Crippen MR) is 94.3 cm³/mol. The van der Waals surface area contributed by atoms with E-state index in [1.54, 1.807) is 0 Å². The molecule has 0 aromatic rings. The molecule has 0 aromatic heterocycles. The first kappa shape index (κ1) is 21.2. The molecule has 0 saturated heterocycles. The van der Waals surface area contributed by atoms with E-state index in [0.29, 0.717) is 31.5 Å². The number of nitrogens with two attached hydrogens (primary N) is 1. The van der Waals surface area contributed by atoms with E-state index in [9.17, 15) is 0 Å². The van der Waals surface area contributed by atoms with Crippen molar-refractivity contribution in [2.24, 2.45) is 5.73 Å². The van der Waals surface area contributed by atoms with Gasteiger partial charge >= 0.3 is 8.80 Å². The molecule has 0 spiro atoms. The lowest BCUT2D eigenvalue weighted by Gasteiger charge is -2.41. The van der Waals surface area contributed by atoms with Gasteiger partial charge in [-0.05, 0) is 33.7 Å². The van der Waals surface area contributed by atoms with Crippen LogP contribution in [0.4, 0.5) is 0 Å². The Morgan fingerprint density at radius 1 is 0.905 bits per heavy atom. The SMILES string of the molecule is CCO[Si](OCC)(OCC)C(CCNCCN)[Si](C)(C)C. The minimum Gasteiger partial charge on any atom is -0.374 e. The summed E-state index contributed by atoms with van der Waals surface area (Å²) >= 11 is 0. The molecule has 0 radical (unpaired) electrons. The summed E-state index contributed by atoms with van der Waals surface area (Å²) in [5.74, 6) is 0. The van der Waals surface area contributed by atoms with E-state index in [0.717, 1.165) is 19.5 Å². The molecule has 0 amide bonds. The van der Waals surface area contributed by atoms with Gasteiger partial charge < -0.3 is 24.3 Å². The normalized spacial score (nSPS) is 14.4. The molecular weight excluding hydrogens is 300 g/mol. The molecule has 5 nitrogen and oxygen atoms in total. The van der Waals surface area contributed by atoms with Gasteiger partial charge in [-0.15, -0.1) is 0 Å². The summed E-state index contributed by atoms with van der Waals surface area (Å²) in [6.45, 7) is 17.6. The monoisotopic (exact) mass is 336 g/mol. The first-order valence-electron chi connectivity index (χ1n) is 8.20. The van der Waals surface area contributed by atoms with Gasteiger partial charge in [-0.1, -0.05) is 19.6 Å². The molecule has 0 aliphatic rings. The van der Waals surface area contributed by atoms with E-state index in [1.807, 2.05) is 20.8 Å². The Morgan fingerprint density at radius 2 is 1.38 bits per heavy atom. The van der Waals surface area contributed by atoms with E-state index in [4.69, 9.17) is 19.0 Å². The lowest BCUT2D eigenvalue weighted by atomic mass is 10.4. The van der Waals surface area contributed by atoms with Crippen molar-refractivity contribution in [2.45, 2.75) is 52.0 Å². The zero-order chi connectivity index (χ0) is 16.4. The topological polar surface area (TPSA) is 65.7 Å². The summed E-state index contributed by atoms with van der Waals surface area (Å²) in [5, 5.41) is 3.79. The fourth-order valence-corrected chi connectivity index (χ4v) is 11.2. The van der Waals surface area contributed by atoms with Gasteiger partial charge in [-0.3, -0.25) is 0 Å². The Kier molecular flexibility index (Phi) is 11.0. The lowest BCUT2D eigenvalue weighted by molar-refractivity contribution is 0.0664. The molecule has 3 N–H and O–H groups in total. The van der Waals surface area contributed by atoms with Crippen molar-refractivity contribution in [3.8, 4) is 0 Å². The van der Waals surface area contributed by atoms with Gasteiger partial charge in [0.15, 0.2) is 0 Å². The minimum absolute atomic E-state index is 0.398. The molecule has 0 heterocycles. The van der Waals surface area contributed by atoms with Crippen molar-refractivity contribution in [3.05, 3.63) is 0 Å². The van der Waals surface area contributed by atoms with Gasteiger partial charge in [0, 0.05) is 38.1 Å². The van der Waals surface area contributed by atoms with Gasteiger partial charge in [0.05, 0.1) is 8.07 Å². The first-order chi connectivity index (χ1) is 9.87. The standard InChI is InChI=1S/C14H36N2O3Si2/c1-7-17-21(18-8-2,19-9-3)14(20(4,5)6)10-12-16-13-11-15/h14,16H,7-13,15H2,1-6H3. The van der Waals surface area contributed by atoms with Crippen LogP contribution in [0.25, 0.3) is 0 Å². The van der Waals surface area contributed by atoms with Crippen LogP contribution in [0.5, 0.6) is 0 Å². The lowest BCUT2D eigenvalue weighted by Crippen LogP contribution is -2.58. The number of hydrogen-bond acceptors (Lipinski definition) is 5. The van der Waals surface area contributed by atoms with Crippen molar-refractivity contribution >= 4 is 16.9 Å². The summed E-state index contributed by atoms with van der Waals surface area (Å²) in [5.41, 5.74) is 5.54. The number of nitrogens with one attached hydrogen (secondary N) is 1. The Morgan fingerprint density at radius 3 is 1.71 bits per heavy atom. The molecule has 0 aliphatic heterocycles. The van der Waals surface area contributed by atoms with E-state index in [1.165, 1.54) is 0 Å². The predicted octanol–water partition coefficient (Wildman–Crippen LogP) is 2.22. The smallest absolute Gasteiger partial charge is 0.374 e. The molecule has 0 aromatic carbocycles. The maximum Gasteiger partial charge on any atom is 0.501 e. The molecule has 0 aliphatic carbocycles. The van der Waals surface area contributed by atoms with E-state index >= 15 is 0 Å². The van der Waals surface area contributed by atoms with Gasteiger partial charge in [-0.25, -0.2) is 0 Å². The first-order valence-corrected chi connectivity index (χ1v) is 13.6. The molecular formula is C14H36N2O3Si2. The zero-order valence-electron chi connectivity index (χ0n) is 14.8. The maximum absolute atomic E-state index is 6.13. The highest BCUT2D eigenvalue weighted by Gasteiger charge is 2.54. The highest BCUT2D eigenvalue weighted by molar-refractivity contribution is 6.90. The second kappa shape index (κ2) is 10.9. The van der Waals surface area contributed by atoms with Crippen LogP contribution in [0.15, 0.2) is 0 Å². The minimum atomic E-state index is -2.63. The van der Waals surface area contributed by atoms with Crippen LogP contribution in [0.1, 0.15) is 27.2 Å². The van der Waals surface area contributed by atoms with Crippen LogP contribution in [0.2, 0.25) is 24.8 Å². The summed E-state index contributed by atoms with van der Waals surface area (Å²) in [4.78, 5) is 0. The average Bonchev–Trinajstić information content (AvgIpc) is 2.38. The van der Waals surface area contributed by atoms with Crippen molar-refractivity contribution in [1.82, 2.24) is 5.32 Å². The van der Waals surface area contributed by atoms with Crippen LogP contribution in [0.3, 0.4) is 0 Å². The van der Waals surface area contributed by atoms with Gasteiger partial charge in [0.25, 0.3) is 0 Å². The molecule has 21 heavy (non-hydrogen) atoms. The Bertz CT molecular complexity index is 246. The molecule has 0 bridgehead atoms. The van der Waals surface area contributed by atoms with Crippen molar-refractivity contribution in [2.75, 3.05) is 39.5 Å². The van der Waals surface area contributed by atoms with E-state index < -0.39 is 16.9 Å². The fourth-order valence-electron chi connectivity index (χ4n) is 2.64. The van der Waals surface area contributed by atoms with Crippen LogP contribution >= 0.6 is 0 Å². The number of hydrogen-bond donors (Lipinski definition) is 2. The third-order valence-corrected chi connectivity index (χ3v) is 12.7. The summed E-state index contributed by atoms with van der Waals surface area (Å²) in [7, 11) is -4.11. The molecule has 7 heteroatoms. The Balaban J connectivity index is 5.14. The van der Waals surface area contributed by atoms with Crippen LogP contribution in [0, 0.1) is 0 Å². The molecule has 0 rings (SSSR count). The highest BCUT2D eigenvalue weighted by atomic mass is 28.4. The molecule has 1 unspecified atom stereocenters. The average molecular weight is 337 g/mol. The molecule has 0 saturated carbocycles. The van der Waals surface area contributed by atoms with Gasteiger partial charge in [0.2, 0.25) is 0 Å². The molecule has 0 fully saturated rings. The second-order valence-corrected chi connectivity index (χ2v) is 14.9. The van der Waals surface area contributed by atoms with E-state index in [2.05, 4.69) is 25.0 Å². The largest absolute Gasteiger partial charge is 0.501 e. The second-order valence-electron chi connectivity index (χ2n) is 6.15. The molecule has 128 valence electrons. The van der Waals surface area contributed by atoms with Gasteiger partial charge in [-0.2, -0.15) is 0 Å². The highest BCUT2D eigenvalue weighted by Crippen LogP contribution is 2.37.